The summed E-state index contributed by atoms with van der Waals surface area (Å²) in [6.07, 6.45) is 1.03. The number of esters is 2. The van der Waals surface area contributed by atoms with Gasteiger partial charge in [0.25, 0.3) is 0 Å². The van der Waals surface area contributed by atoms with Crippen LogP contribution in [0.1, 0.15) is 61.3 Å². The van der Waals surface area contributed by atoms with Gasteiger partial charge in [0, 0.05) is 0 Å². The first-order chi connectivity index (χ1) is 9.89. The number of hydrogen-bond donors (Lipinski definition) is 0. The van der Waals surface area contributed by atoms with E-state index in [4.69, 9.17) is 14.2 Å². The summed E-state index contributed by atoms with van der Waals surface area (Å²) in [5.74, 6) is -0.569. The molecule has 0 saturated carbocycles. The van der Waals surface area contributed by atoms with Crippen LogP contribution < -0.4 is 0 Å². The fourth-order valence-corrected chi connectivity index (χ4v) is 2.31. The third kappa shape index (κ3) is 5.59. The molecule has 0 bridgehead atoms. The zero-order valence-electron chi connectivity index (χ0n) is 14.9. The Kier molecular flexibility index (Phi) is 5.66. The molecule has 0 aromatic heterocycles. The van der Waals surface area contributed by atoms with E-state index in [0.717, 1.165) is 0 Å². The molecule has 2 atom stereocenters. The van der Waals surface area contributed by atoms with Gasteiger partial charge in [-0.3, -0.25) is 9.59 Å². The molecule has 1 fully saturated rings. The number of carbonyl (C=O) groups is 2. The van der Waals surface area contributed by atoms with E-state index in [1.807, 2.05) is 48.5 Å². The molecule has 0 aromatic carbocycles. The van der Waals surface area contributed by atoms with Crippen LogP contribution in [-0.4, -0.2) is 36.9 Å². The van der Waals surface area contributed by atoms with Crippen LogP contribution in [-0.2, 0) is 23.8 Å². The summed E-state index contributed by atoms with van der Waals surface area (Å²) in [5.41, 5.74) is -2.01. The molecule has 0 N–H and O–H groups in total. The normalized spacial score (nSPS) is 21.0. The minimum Gasteiger partial charge on any atom is -0.462 e. The Balaban J connectivity index is 2.71. The molecule has 0 amide bonds. The van der Waals surface area contributed by atoms with E-state index in [-0.39, 0.29) is 18.0 Å². The molecule has 128 valence electrons. The fourth-order valence-electron chi connectivity index (χ4n) is 2.31. The van der Waals surface area contributed by atoms with Gasteiger partial charge in [-0.05, 0) is 54.4 Å². The highest BCUT2D eigenvalue weighted by molar-refractivity contribution is 5.80. The predicted molar refractivity (Wildman–Crippen MR) is 83.3 cm³/mol. The minimum atomic E-state index is -0.757. The topological polar surface area (TPSA) is 65.1 Å². The summed E-state index contributed by atoms with van der Waals surface area (Å²) in [7, 11) is 0. The van der Waals surface area contributed by atoms with Crippen LogP contribution in [0.25, 0.3) is 0 Å². The van der Waals surface area contributed by atoms with E-state index in [2.05, 4.69) is 0 Å². The maximum Gasteiger partial charge on any atom is 0.312 e. The lowest BCUT2D eigenvalue weighted by Crippen LogP contribution is -2.41. The molecule has 1 saturated heterocycles. The molecule has 0 spiro atoms. The third-order valence-corrected chi connectivity index (χ3v) is 3.86. The Morgan fingerprint density at radius 3 is 2.05 bits per heavy atom. The van der Waals surface area contributed by atoms with Crippen LogP contribution in [0, 0.1) is 10.8 Å². The number of ether oxygens (including phenoxy) is 3. The highest BCUT2D eigenvalue weighted by atomic mass is 16.6. The van der Waals surface area contributed by atoms with Crippen molar-refractivity contribution < 1.29 is 23.8 Å². The molecule has 1 aliphatic heterocycles. The first kappa shape index (κ1) is 18.9. The van der Waals surface area contributed by atoms with Crippen LogP contribution in [0.2, 0.25) is 0 Å². The quantitative estimate of drug-likeness (QED) is 0.533. The summed E-state index contributed by atoms with van der Waals surface area (Å²) in [6.45, 7) is 13.9. The highest BCUT2D eigenvalue weighted by Gasteiger charge is 2.44. The average Bonchev–Trinajstić information content (AvgIpc) is 3.17. The van der Waals surface area contributed by atoms with E-state index < -0.39 is 16.4 Å². The Morgan fingerprint density at radius 1 is 1.09 bits per heavy atom. The minimum absolute atomic E-state index is 0.0453. The average molecular weight is 314 g/mol. The number of carbonyl (C=O) groups excluding carboxylic acids is 2. The molecule has 0 aliphatic carbocycles. The Labute approximate surface area is 133 Å². The number of hydrogen-bond acceptors (Lipinski definition) is 5. The maximum absolute atomic E-state index is 12.4. The summed E-state index contributed by atoms with van der Waals surface area (Å²) in [6, 6.07) is 0. The number of rotatable bonds is 7. The van der Waals surface area contributed by atoms with Gasteiger partial charge in [0.2, 0.25) is 0 Å². The molecule has 1 rings (SSSR count). The van der Waals surface area contributed by atoms with Gasteiger partial charge in [0.05, 0.1) is 17.4 Å². The van der Waals surface area contributed by atoms with Gasteiger partial charge < -0.3 is 14.2 Å². The Hall–Kier alpha value is -1.10. The standard InChI is InChI=1S/C17H30O5/c1-8-17(7,14(19)21-10-12-9-20-12)11-16(5,6)13(18)22-15(2,3)4/h12H,8-11H2,1-7H3. The zero-order chi connectivity index (χ0) is 17.2. The predicted octanol–water partition coefficient (Wildman–Crippen LogP) is 3.10. The molecular formula is C17H30O5. The first-order valence-electron chi connectivity index (χ1n) is 7.92. The first-order valence-corrected chi connectivity index (χ1v) is 7.92. The Bertz CT molecular complexity index is 417. The van der Waals surface area contributed by atoms with Crippen molar-refractivity contribution >= 4 is 11.9 Å². The molecule has 5 heteroatoms. The van der Waals surface area contributed by atoms with Crippen LogP contribution in [0.5, 0.6) is 0 Å². The van der Waals surface area contributed by atoms with Gasteiger partial charge in [0.1, 0.15) is 18.3 Å². The second kappa shape index (κ2) is 6.57. The van der Waals surface area contributed by atoms with Gasteiger partial charge in [-0.25, -0.2) is 0 Å². The second-order valence-electron chi connectivity index (χ2n) is 8.03. The van der Waals surface area contributed by atoms with Crippen molar-refractivity contribution in [1.29, 1.82) is 0 Å². The summed E-state index contributed by atoms with van der Waals surface area (Å²) < 4.78 is 15.9. The van der Waals surface area contributed by atoms with E-state index >= 15 is 0 Å². The molecular weight excluding hydrogens is 284 g/mol. The molecule has 22 heavy (non-hydrogen) atoms. The lowest BCUT2D eigenvalue weighted by Gasteiger charge is -2.35. The molecule has 0 aromatic rings. The van der Waals surface area contributed by atoms with Gasteiger partial charge in [-0.1, -0.05) is 6.92 Å². The second-order valence-corrected chi connectivity index (χ2v) is 8.03. The largest absolute Gasteiger partial charge is 0.462 e. The monoisotopic (exact) mass is 314 g/mol. The van der Waals surface area contributed by atoms with E-state index in [0.29, 0.717) is 26.1 Å². The Morgan fingerprint density at radius 2 is 1.64 bits per heavy atom. The van der Waals surface area contributed by atoms with Crippen molar-refractivity contribution in [3.8, 4) is 0 Å². The molecule has 0 radical (unpaired) electrons. The third-order valence-electron chi connectivity index (χ3n) is 3.86. The zero-order valence-corrected chi connectivity index (χ0v) is 14.9. The van der Waals surface area contributed by atoms with E-state index in [1.165, 1.54) is 0 Å². The van der Waals surface area contributed by atoms with E-state index in [9.17, 15) is 9.59 Å². The van der Waals surface area contributed by atoms with Crippen molar-refractivity contribution in [2.24, 2.45) is 10.8 Å². The lowest BCUT2D eigenvalue weighted by molar-refractivity contribution is -0.170. The highest BCUT2D eigenvalue weighted by Crippen LogP contribution is 2.39. The smallest absolute Gasteiger partial charge is 0.312 e. The molecule has 2 unspecified atom stereocenters. The van der Waals surface area contributed by atoms with Crippen molar-refractivity contribution in [2.45, 2.75) is 73.0 Å². The number of epoxide rings is 1. The van der Waals surface area contributed by atoms with Crippen LogP contribution in [0.15, 0.2) is 0 Å². The van der Waals surface area contributed by atoms with Gasteiger partial charge in [-0.15, -0.1) is 0 Å². The summed E-state index contributed by atoms with van der Waals surface area (Å²) in [4.78, 5) is 24.8. The van der Waals surface area contributed by atoms with Gasteiger partial charge in [0.15, 0.2) is 0 Å². The van der Waals surface area contributed by atoms with Crippen LogP contribution in [0.3, 0.4) is 0 Å². The molecule has 5 nitrogen and oxygen atoms in total. The molecule has 1 heterocycles. The van der Waals surface area contributed by atoms with Crippen LogP contribution >= 0.6 is 0 Å². The van der Waals surface area contributed by atoms with Gasteiger partial charge in [-0.2, -0.15) is 0 Å². The fraction of sp³-hybridized carbons (Fsp3) is 0.882. The lowest BCUT2D eigenvalue weighted by atomic mass is 9.72. The van der Waals surface area contributed by atoms with Crippen LogP contribution in [0.4, 0.5) is 0 Å². The maximum atomic E-state index is 12.4. The summed E-state index contributed by atoms with van der Waals surface area (Å²) in [5, 5.41) is 0. The van der Waals surface area contributed by atoms with Crippen molar-refractivity contribution in [2.75, 3.05) is 13.2 Å². The van der Waals surface area contributed by atoms with E-state index in [1.54, 1.807) is 0 Å². The van der Waals surface area contributed by atoms with Gasteiger partial charge >= 0.3 is 11.9 Å². The molecule has 1 aliphatic rings. The van der Waals surface area contributed by atoms with Crippen molar-refractivity contribution in [1.82, 2.24) is 0 Å². The SMILES string of the molecule is CCC(C)(CC(C)(C)C(=O)OC(C)(C)C)C(=O)OCC1CO1. The van der Waals surface area contributed by atoms with Crippen molar-refractivity contribution in [3.63, 3.8) is 0 Å². The van der Waals surface area contributed by atoms with Crippen molar-refractivity contribution in [3.05, 3.63) is 0 Å². The summed E-state index contributed by atoms with van der Waals surface area (Å²) >= 11 is 0.